The molecule has 0 aliphatic heterocycles. The van der Waals surface area contributed by atoms with Crippen molar-refractivity contribution < 1.29 is 23.4 Å². The molecule has 0 bridgehead atoms. The fraction of sp³-hybridized carbons (Fsp3) is 0.160. The number of ether oxygens (including phenoxy) is 3. The first-order valence-corrected chi connectivity index (χ1v) is 10.4. The molecule has 0 saturated carbocycles. The van der Waals surface area contributed by atoms with Crippen LogP contribution in [0.15, 0.2) is 77.3 Å². The Morgan fingerprint density at radius 2 is 1.61 bits per heavy atom. The molecule has 0 fully saturated rings. The van der Waals surface area contributed by atoms with Crippen molar-refractivity contribution in [2.75, 3.05) is 20.3 Å². The lowest BCUT2D eigenvalue weighted by Gasteiger charge is -2.12. The van der Waals surface area contributed by atoms with Crippen LogP contribution in [-0.2, 0) is 9.53 Å². The summed E-state index contributed by atoms with van der Waals surface area (Å²) in [7, 11) is 1.32. The Bertz CT molecular complexity index is 1010. The van der Waals surface area contributed by atoms with Gasteiger partial charge in [-0.3, -0.25) is 0 Å². The van der Waals surface area contributed by atoms with E-state index in [1.807, 2.05) is 43.3 Å². The third-order valence-electron chi connectivity index (χ3n) is 4.57. The molecule has 0 spiro atoms. The zero-order valence-electron chi connectivity index (χ0n) is 17.2. The van der Waals surface area contributed by atoms with Crippen LogP contribution in [-0.4, -0.2) is 26.3 Å². The van der Waals surface area contributed by atoms with E-state index in [2.05, 4.69) is 20.7 Å². The van der Waals surface area contributed by atoms with E-state index < -0.39 is 5.97 Å². The van der Waals surface area contributed by atoms with Gasteiger partial charge in [-0.1, -0.05) is 40.2 Å². The summed E-state index contributed by atoms with van der Waals surface area (Å²) in [5, 5.41) is 0. The molecule has 0 heterocycles. The predicted molar refractivity (Wildman–Crippen MR) is 122 cm³/mol. The third-order valence-corrected chi connectivity index (χ3v) is 5.10. The van der Waals surface area contributed by atoms with E-state index in [1.165, 1.54) is 19.2 Å². The summed E-state index contributed by atoms with van der Waals surface area (Å²) in [5.74, 6) is 0.551. The van der Waals surface area contributed by atoms with Gasteiger partial charge in [0.2, 0.25) is 0 Å². The van der Waals surface area contributed by atoms with Crippen LogP contribution in [0.4, 0.5) is 4.39 Å². The van der Waals surface area contributed by atoms with Gasteiger partial charge in [-0.05, 0) is 77.7 Å². The maximum absolute atomic E-state index is 13.4. The normalized spacial score (nSPS) is 11.2. The third kappa shape index (κ3) is 6.43. The topological polar surface area (TPSA) is 44.8 Å². The fourth-order valence-corrected chi connectivity index (χ4v) is 3.22. The van der Waals surface area contributed by atoms with E-state index in [4.69, 9.17) is 9.47 Å². The minimum Gasteiger partial charge on any atom is -0.489 e. The van der Waals surface area contributed by atoms with Crippen molar-refractivity contribution in [2.45, 2.75) is 6.92 Å². The lowest BCUT2D eigenvalue weighted by atomic mass is 9.98. The molecule has 4 nitrogen and oxygen atoms in total. The van der Waals surface area contributed by atoms with Crippen molar-refractivity contribution in [3.63, 3.8) is 0 Å². The van der Waals surface area contributed by atoms with E-state index >= 15 is 0 Å². The molecule has 0 atom stereocenters. The maximum atomic E-state index is 13.4. The molecular formula is C25H22BrFO4. The minimum atomic E-state index is -0.439. The Labute approximate surface area is 189 Å². The van der Waals surface area contributed by atoms with E-state index in [0.29, 0.717) is 18.1 Å². The largest absolute Gasteiger partial charge is 0.489 e. The summed E-state index contributed by atoms with van der Waals surface area (Å²) in [6.07, 6.45) is 1.97. The molecule has 31 heavy (non-hydrogen) atoms. The minimum absolute atomic E-state index is 0.144. The number of carbonyl (C=O) groups is 1. The number of hydrogen-bond donors (Lipinski definition) is 0. The summed E-state index contributed by atoms with van der Waals surface area (Å²) in [6, 6.07) is 19.7. The van der Waals surface area contributed by atoms with Crippen LogP contribution >= 0.6 is 15.9 Å². The van der Waals surface area contributed by atoms with Gasteiger partial charge in [0.05, 0.1) is 7.11 Å². The van der Waals surface area contributed by atoms with Crippen LogP contribution in [0.1, 0.15) is 16.7 Å². The van der Waals surface area contributed by atoms with Gasteiger partial charge >= 0.3 is 5.97 Å². The quantitative estimate of drug-likeness (QED) is 0.370. The second kappa shape index (κ2) is 10.8. The zero-order chi connectivity index (χ0) is 22.2. The van der Waals surface area contributed by atoms with Crippen LogP contribution in [0.3, 0.4) is 0 Å². The maximum Gasteiger partial charge on any atom is 0.343 e. The highest BCUT2D eigenvalue weighted by Crippen LogP contribution is 2.27. The highest BCUT2D eigenvalue weighted by Gasteiger charge is 2.08. The SMILES string of the molecule is COC(=O)COc1ccc(OC/C=C(/c2ccc(F)cc2)c2ccc(Br)cc2)cc1C. The highest BCUT2D eigenvalue weighted by molar-refractivity contribution is 9.10. The smallest absolute Gasteiger partial charge is 0.343 e. The molecule has 0 radical (unpaired) electrons. The van der Waals surface area contributed by atoms with Gasteiger partial charge in [0, 0.05) is 4.47 Å². The average molecular weight is 485 g/mol. The molecule has 0 aromatic heterocycles. The van der Waals surface area contributed by atoms with Crippen LogP contribution in [0.5, 0.6) is 11.5 Å². The second-order valence-corrected chi connectivity index (χ2v) is 7.65. The molecule has 0 saturated heterocycles. The number of aryl methyl sites for hydroxylation is 1. The number of carbonyl (C=O) groups excluding carboxylic acids is 1. The monoisotopic (exact) mass is 484 g/mol. The van der Waals surface area contributed by atoms with Crippen molar-refractivity contribution in [1.82, 2.24) is 0 Å². The molecule has 3 aromatic rings. The van der Waals surface area contributed by atoms with E-state index in [9.17, 15) is 9.18 Å². The molecule has 3 rings (SSSR count). The summed E-state index contributed by atoms with van der Waals surface area (Å²) < 4.78 is 30.3. The average Bonchev–Trinajstić information content (AvgIpc) is 2.77. The van der Waals surface area contributed by atoms with Crippen LogP contribution in [0.25, 0.3) is 5.57 Å². The van der Waals surface area contributed by atoms with Crippen molar-refractivity contribution in [1.29, 1.82) is 0 Å². The number of benzene rings is 3. The molecule has 6 heteroatoms. The van der Waals surface area contributed by atoms with E-state index in [1.54, 1.807) is 24.3 Å². The van der Waals surface area contributed by atoms with E-state index in [-0.39, 0.29) is 12.4 Å². The molecular weight excluding hydrogens is 463 g/mol. The molecule has 0 aliphatic rings. The van der Waals surface area contributed by atoms with Crippen molar-refractivity contribution in [3.8, 4) is 11.5 Å². The Hall–Kier alpha value is -3.12. The van der Waals surface area contributed by atoms with Gasteiger partial charge in [0.15, 0.2) is 6.61 Å². The molecule has 160 valence electrons. The standard InChI is InChI=1S/C25H22BrFO4/c1-17-15-22(11-12-24(17)31-16-25(28)29-2)30-14-13-23(18-3-7-20(26)8-4-18)19-5-9-21(27)10-6-19/h3-13,15H,14,16H2,1-2H3/b23-13+. The van der Waals surface area contributed by atoms with Gasteiger partial charge in [0.25, 0.3) is 0 Å². The summed E-state index contributed by atoms with van der Waals surface area (Å²) in [6.45, 7) is 2.06. The lowest BCUT2D eigenvalue weighted by molar-refractivity contribution is -0.142. The number of methoxy groups -OCH3 is 1. The summed E-state index contributed by atoms with van der Waals surface area (Å²) in [4.78, 5) is 11.2. The Morgan fingerprint density at radius 1 is 0.968 bits per heavy atom. The molecule has 0 amide bonds. The number of rotatable bonds is 8. The molecule has 0 aliphatic carbocycles. The summed E-state index contributed by atoms with van der Waals surface area (Å²) >= 11 is 3.45. The fourth-order valence-electron chi connectivity index (χ4n) is 2.95. The van der Waals surface area contributed by atoms with Gasteiger partial charge < -0.3 is 14.2 Å². The Morgan fingerprint density at radius 3 is 2.23 bits per heavy atom. The van der Waals surface area contributed by atoms with Crippen LogP contribution in [0, 0.1) is 12.7 Å². The zero-order valence-corrected chi connectivity index (χ0v) is 18.8. The first-order valence-electron chi connectivity index (χ1n) is 9.61. The van der Waals surface area contributed by atoms with Gasteiger partial charge in [-0.2, -0.15) is 0 Å². The molecule has 0 N–H and O–H groups in total. The summed E-state index contributed by atoms with van der Waals surface area (Å²) in [5.41, 5.74) is 3.69. The van der Waals surface area contributed by atoms with Gasteiger partial charge in [0.1, 0.15) is 23.9 Å². The first-order chi connectivity index (χ1) is 15.0. The number of esters is 1. The number of hydrogen-bond acceptors (Lipinski definition) is 4. The van der Waals surface area contributed by atoms with Crippen molar-refractivity contribution in [2.24, 2.45) is 0 Å². The van der Waals surface area contributed by atoms with Crippen molar-refractivity contribution >= 4 is 27.5 Å². The Kier molecular flexibility index (Phi) is 7.84. The first kappa shape index (κ1) is 22.6. The van der Waals surface area contributed by atoms with Crippen molar-refractivity contribution in [3.05, 3.63) is 99.8 Å². The highest BCUT2D eigenvalue weighted by atomic mass is 79.9. The van der Waals surface area contributed by atoms with Gasteiger partial charge in [-0.15, -0.1) is 0 Å². The van der Waals surface area contributed by atoms with Crippen LogP contribution < -0.4 is 9.47 Å². The molecule has 0 unspecified atom stereocenters. The van der Waals surface area contributed by atoms with Gasteiger partial charge in [-0.25, -0.2) is 9.18 Å². The van der Waals surface area contributed by atoms with E-state index in [0.717, 1.165) is 26.7 Å². The molecule has 3 aromatic carbocycles. The second-order valence-electron chi connectivity index (χ2n) is 6.73. The predicted octanol–water partition coefficient (Wildman–Crippen LogP) is 5.96. The lowest BCUT2D eigenvalue weighted by Crippen LogP contribution is -2.13. The Balaban J connectivity index is 1.75. The number of halogens is 2. The van der Waals surface area contributed by atoms with Crippen LogP contribution in [0.2, 0.25) is 0 Å².